The average Bonchev–Trinajstić information content (AvgIpc) is 2.99. The maximum absolute atomic E-state index is 12.0. The van der Waals surface area contributed by atoms with Gasteiger partial charge >= 0.3 is 0 Å². The predicted molar refractivity (Wildman–Crippen MR) is 103 cm³/mol. The number of amides is 2. The molecule has 1 aromatic carbocycles. The maximum Gasteiger partial charge on any atom is 0.243 e. The number of halogens is 1. The topological polar surface area (TPSA) is 110 Å². The van der Waals surface area contributed by atoms with Crippen molar-refractivity contribution in [3.63, 3.8) is 0 Å². The molecule has 1 atom stereocenters. The molecule has 0 bridgehead atoms. The number of nitrogens with two attached hydrogens (primary N) is 1. The van der Waals surface area contributed by atoms with Crippen molar-refractivity contribution in [1.82, 2.24) is 10.3 Å². The van der Waals surface area contributed by atoms with Crippen molar-refractivity contribution < 1.29 is 14.0 Å². The Balaban J connectivity index is 0.00000338. The van der Waals surface area contributed by atoms with E-state index >= 15 is 0 Å². The minimum absolute atomic E-state index is 0. The zero-order valence-electron chi connectivity index (χ0n) is 15.3. The SMILES string of the molecule is Cc1coc(-c2cc(NC(=O)CNC(=O)[C@@H](N)C(C)C)ccc2C)n1.Cl. The molecule has 0 saturated heterocycles. The minimum atomic E-state index is -0.632. The van der Waals surface area contributed by atoms with E-state index in [4.69, 9.17) is 10.2 Å². The summed E-state index contributed by atoms with van der Waals surface area (Å²) in [5.41, 5.74) is 8.91. The van der Waals surface area contributed by atoms with Crippen LogP contribution in [-0.2, 0) is 9.59 Å². The average molecular weight is 381 g/mol. The van der Waals surface area contributed by atoms with Crippen LogP contribution < -0.4 is 16.4 Å². The van der Waals surface area contributed by atoms with Crippen molar-refractivity contribution in [2.24, 2.45) is 11.7 Å². The number of carbonyl (C=O) groups is 2. The molecule has 26 heavy (non-hydrogen) atoms. The third kappa shape index (κ3) is 5.57. The van der Waals surface area contributed by atoms with Crippen LogP contribution in [0.15, 0.2) is 28.9 Å². The highest BCUT2D eigenvalue weighted by molar-refractivity contribution is 5.95. The number of anilines is 1. The second kappa shape index (κ2) is 9.35. The lowest BCUT2D eigenvalue weighted by atomic mass is 10.1. The fourth-order valence-corrected chi connectivity index (χ4v) is 2.20. The molecule has 0 radical (unpaired) electrons. The van der Waals surface area contributed by atoms with E-state index in [9.17, 15) is 9.59 Å². The Morgan fingerprint density at radius 2 is 1.96 bits per heavy atom. The van der Waals surface area contributed by atoms with Crippen LogP contribution in [0.4, 0.5) is 5.69 Å². The van der Waals surface area contributed by atoms with E-state index < -0.39 is 6.04 Å². The van der Waals surface area contributed by atoms with Gasteiger partial charge in [-0.3, -0.25) is 9.59 Å². The Hall–Kier alpha value is -2.38. The van der Waals surface area contributed by atoms with Crippen molar-refractivity contribution in [1.29, 1.82) is 0 Å². The molecule has 0 saturated carbocycles. The van der Waals surface area contributed by atoms with Crippen LogP contribution >= 0.6 is 12.4 Å². The van der Waals surface area contributed by atoms with Gasteiger partial charge in [0.25, 0.3) is 0 Å². The first-order chi connectivity index (χ1) is 11.8. The van der Waals surface area contributed by atoms with Crippen molar-refractivity contribution >= 4 is 29.9 Å². The van der Waals surface area contributed by atoms with E-state index in [2.05, 4.69) is 15.6 Å². The van der Waals surface area contributed by atoms with E-state index in [1.54, 1.807) is 18.4 Å². The maximum atomic E-state index is 12.0. The highest BCUT2D eigenvalue weighted by atomic mass is 35.5. The van der Waals surface area contributed by atoms with E-state index in [0.29, 0.717) is 11.6 Å². The summed E-state index contributed by atoms with van der Waals surface area (Å²) in [6.07, 6.45) is 1.58. The molecule has 2 amide bonds. The summed E-state index contributed by atoms with van der Waals surface area (Å²) in [7, 11) is 0. The first kappa shape index (κ1) is 21.7. The third-order valence-corrected chi connectivity index (χ3v) is 3.81. The molecular weight excluding hydrogens is 356 g/mol. The van der Waals surface area contributed by atoms with Crippen molar-refractivity contribution in [3.8, 4) is 11.5 Å². The number of oxazole rings is 1. The molecule has 0 unspecified atom stereocenters. The van der Waals surface area contributed by atoms with Crippen LogP contribution in [0.1, 0.15) is 25.1 Å². The first-order valence-corrected chi connectivity index (χ1v) is 8.14. The Morgan fingerprint density at radius 1 is 1.27 bits per heavy atom. The number of carbonyl (C=O) groups excluding carboxylic acids is 2. The largest absolute Gasteiger partial charge is 0.444 e. The Morgan fingerprint density at radius 3 is 2.54 bits per heavy atom. The minimum Gasteiger partial charge on any atom is -0.444 e. The summed E-state index contributed by atoms with van der Waals surface area (Å²) in [5, 5.41) is 5.28. The molecule has 0 fully saturated rings. The highest BCUT2D eigenvalue weighted by Gasteiger charge is 2.17. The van der Waals surface area contributed by atoms with Crippen LogP contribution in [0.5, 0.6) is 0 Å². The zero-order valence-corrected chi connectivity index (χ0v) is 16.1. The van der Waals surface area contributed by atoms with E-state index in [1.165, 1.54) is 0 Å². The standard InChI is InChI=1S/C18H24N4O3.ClH/c1-10(2)16(19)17(24)20-8-15(23)22-13-6-5-11(3)14(7-13)18-21-12(4)9-25-18;/h5-7,9-10,16H,8,19H2,1-4H3,(H,20,24)(H,22,23);1H/t16-;/m0./s1. The molecule has 1 heterocycles. The number of aromatic nitrogens is 1. The molecule has 2 rings (SSSR count). The normalized spacial score (nSPS) is 11.6. The molecule has 142 valence electrons. The van der Waals surface area contributed by atoms with Gasteiger partial charge in [-0.15, -0.1) is 12.4 Å². The molecule has 0 aliphatic heterocycles. The lowest BCUT2D eigenvalue weighted by molar-refractivity contribution is -0.125. The lowest BCUT2D eigenvalue weighted by Gasteiger charge is -2.15. The van der Waals surface area contributed by atoms with Gasteiger partial charge in [0.1, 0.15) is 6.26 Å². The van der Waals surface area contributed by atoms with Crippen LogP contribution in [-0.4, -0.2) is 29.4 Å². The van der Waals surface area contributed by atoms with Crippen LogP contribution in [0, 0.1) is 19.8 Å². The van der Waals surface area contributed by atoms with Crippen LogP contribution in [0.2, 0.25) is 0 Å². The van der Waals surface area contributed by atoms with Gasteiger partial charge in [0.15, 0.2) is 0 Å². The fraction of sp³-hybridized carbons (Fsp3) is 0.389. The smallest absolute Gasteiger partial charge is 0.243 e. The molecular formula is C18H25ClN4O3. The van der Waals surface area contributed by atoms with E-state index in [1.807, 2.05) is 33.8 Å². The Labute approximate surface area is 159 Å². The molecule has 4 N–H and O–H groups in total. The Bertz CT molecular complexity index is 774. The number of nitrogens with zero attached hydrogens (tertiary/aromatic N) is 1. The van der Waals surface area contributed by atoms with Gasteiger partial charge < -0.3 is 20.8 Å². The van der Waals surface area contributed by atoms with Crippen LogP contribution in [0.3, 0.4) is 0 Å². The van der Waals surface area contributed by atoms with Crippen molar-refractivity contribution in [3.05, 3.63) is 35.7 Å². The zero-order chi connectivity index (χ0) is 18.6. The van der Waals surface area contributed by atoms with Gasteiger partial charge in [-0.25, -0.2) is 4.98 Å². The molecule has 0 aliphatic carbocycles. The summed E-state index contributed by atoms with van der Waals surface area (Å²) >= 11 is 0. The molecule has 2 aromatic rings. The number of aryl methyl sites for hydroxylation is 2. The number of benzene rings is 1. The van der Waals surface area contributed by atoms with Gasteiger partial charge in [-0.05, 0) is 37.5 Å². The summed E-state index contributed by atoms with van der Waals surface area (Å²) in [5.74, 6) is -0.165. The molecule has 0 aliphatic rings. The Kier molecular flexibility index (Phi) is 7.79. The summed E-state index contributed by atoms with van der Waals surface area (Å²) in [6, 6.07) is 4.82. The van der Waals surface area contributed by atoms with Gasteiger partial charge in [0.05, 0.1) is 18.3 Å². The monoisotopic (exact) mass is 380 g/mol. The quantitative estimate of drug-likeness (QED) is 0.712. The van der Waals surface area contributed by atoms with Crippen LogP contribution in [0.25, 0.3) is 11.5 Å². The van der Waals surface area contributed by atoms with Gasteiger partial charge in [0.2, 0.25) is 17.7 Å². The predicted octanol–water partition coefficient (Wildman–Crippen LogP) is 2.42. The van der Waals surface area contributed by atoms with Gasteiger partial charge in [0, 0.05) is 11.3 Å². The number of hydrogen-bond donors (Lipinski definition) is 3. The third-order valence-electron chi connectivity index (χ3n) is 3.81. The van der Waals surface area contributed by atoms with Crippen molar-refractivity contribution in [2.75, 3.05) is 11.9 Å². The number of hydrogen-bond acceptors (Lipinski definition) is 5. The lowest BCUT2D eigenvalue weighted by Crippen LogP contribution is -2.46. The second-order valence-electron chi connectivity index (χ2n) is 6.36. The molecule has 7 nitrogen and oxygen atoms in total. The number of rotatable bonds is 6. The molecule has 1 aromatic heterocycles. The number of nitrogens with one attached hydrogen (secondary N) is 2. The summed E-state index contributed by atoms with van der Waals surface area (Å²) < 4.78 is 5.42. The van der Waals surface area contributed by atoms with E-state index in [-0.39, 0.29) is 36.7 Å². The second-order valence-corrected chi connectivity index (χ2v) is 6.36. The van der Waals surface area contributed by atoms with Gasteiger partial charge in [-0.2, -0.15) is 0 Å². The molecule has 0 spiro atoms. The van der Waals surface area contributed by atoms with Gasteiger partial charge in [-0.1, -0.05) is 19.9 Å². The fourth-order valence-electron chi connectivity index (χ4n) is 2.20. The first-order valence-electron chi connectivity index (χ1n) is 8.14. The highest BCUT2D eigenvalue weighted by Crippen LogP contribution is 2.26. The summed E-state index contributed by atoms with van der Waals surface area (Å²) in [4.78, 5) is 28.1. The van der Waals surface area contributed by atoms with Crippen molar-refractivity contribution in [2.45, 2.75) is 33.7 Å². The molecule has 8 heteroatoms. The summed E-state index contributed by atoms with van der Waals surface area (Å²) in [6.45, 7) is 7.35. The van der Waals surface area contributed by atoms with E-state index in [0.717, 1.165) is 16.8 Å².